The van der Waals surface area contributed by atoms with Gasteiger partial charge in [-0.15, -0.1) is 0 Å². The summed E-state index contributed by atoms with van der Waals surface area (Å²) < 4.78 is 7.26. The fraction of sp³-hybridized carbons (Fsp3) is 0.357. The molecule has 4 nitrogen and oxygen atoms in total. The monoisotopic (exact) mass is 245 g/mol. The first-order valence-electron chi connectivity index (χ1n) is 6.15. The highest BCUT2D eigenvalue weighted by atomic mass is 16.5. The van der Waals surface area contributed by atoms with E-state index in [0.29, 0.717) is 0 Å². The number of hydrogen-bond donors (Lipinski definition) is 1. The molecular weight excluding hydrogens is 226 g/mol. The first-order valence-corrected chi connectivity index (χ1v) is 6.15. The molecule has 1 heterocycles. The fourth-order valence-corrected chi connectivity index (χ4v) is 2.07. The average Bonchev–Trinajstić information content (AvgIpc) is 2.81. The Morgan fingerprint density at radius 1 is 1.33 bits per heavy atom. The molecule has 1 aromatic heterocycles. The van der Waals surface area contributed by atoms with Crippen LogP contribution in [-0.4, -0.2) is 16.9 Å². The van der Waals surface area contributed by atoms with E-state index in [2.05, 4.69) is 12.0 Å². The Bertz CT molecular complexity index is 471. The van der Waals surface area contributed by atoms with Crippen LogP contribution in [0.4, 0.5) is 0 Å². The second-order valence-electron chi connectivity index (χ2n) is 4.20. The topological polar surface area (TPSA) is 53.1 Å². The van der Waals surface area contributed by atoms with Gasteiger partial charge in [-0.1, -0.05) is 30.3 Å². The molecule has 2 N–H and O–H groups in total. The summed E-state index contributed by atoms with van der Waals surface area (Å²) in [5.41, 5.74) is 8.42. The lowest BCUT2D eigenvalue weighted by atomic mass is 10.0. The molecule has 2 aromatic rings. The van der Waals surface area contributed by atoms with Crippen molar-refractivity contribution in [2.45, 2.75) is 25.9 Å². The van der Waals surface area contributed by atoms with Gasteiger partial charge < -0.3 is 10.5 Å². The Hall–Kier alpha value is -1.81. The van der Waals surface area contributed by atoms with Gasteiger partial charge in [-0.05, 0) is 12.5 Å². The number of aryl methyl sites for hydroxylation is 1. The second-order valence-corrected chi connectivity index (χ2v) is 4.20. The van der Waals surface area contributed by atoms with Crippen LogP contribution in [0.1, 0.15) is 24.2 Å². The number of hydrogen-bond acceptors (Lipinski definition) is 3. The van der Waals surface area contributed by atoms with Crippen molar-refractivity contribution in [2.75, 3.05) is 7.11 Å². The Morgan fingerprint density at radius 3 is 2.67 bits per heavy atom. The van der Waals surface area contributed by atoms with Crippen molar-refractivity contribution in [1.29, 1.82) is 0 Å². The predicted octanol–water partition coefficient (Wildman–Crippen LogP) is 2.15. The molecule has 1 aromatic carbocycles. The van der Waals surface area contributed by atoms with Crippen molar-refractivity contribution in [1.82, 2.24) is 9.78 Å². The minimum absolute atomic E-state index is 0.0397. The first kappa shape index (κ1) is 12.6. The first-order chi connectivity index (χ1) is 8.76. The molecule has 1 unspecified atom stereocenters. The van der Waals surface area contributed by atoms with E-state index in [0.717, 1.165) is 30.0 Å². The van der Waals surface area contributed by atoms with Gasteiger partial charge in [0.15, 0.2) is 5.75 Å². The molecule has 0 saturated carbocycles. The summed E-state index contributed by atoms with van der Waals surface area (Å²) in [5.74, 6) is 0.809. The Kier molecular flexibility index (Phi) is 3.99. The molecule has 0 radical (unpaired) electrons. The molecule has 0 amide bonds. The molecule has 18 heavy (non-hydrogen) atoms. The van der Waals surface area contributed by atoms with E-state index in [1.807, 2.05) is 35.0 Å². The largest absolute Gasteiger partial charge is 0.493 e. The van der Waals surface area contributed by atoms with Gasteiger partial charge in [0.25, 0.3) is 0 Å². The van der Waals surface area contributed by atoms with Crippen LogP contribution in [0.25, 0.3) is 0 Å². The maximum Gasteiger partial charge on any atom is 0.160 e. The van der Waals surface area contributed by atoms with E-state index >= 15 is 0 Å². The van der Waals surface area contributed by atoms with Crippen LogP contribution in [0.2, 0.25) is 0 Å². The summed E-state index contributed by atoms with van der Waals surface area (Å²) in [5, 5.41) is 4.29. The van der Waals surface area contributed by atoms with Crippen LogP contribution in [0.5, 0.6) is 5.75 Å². The van der Waals surface area contributed by atoms with Crippen LogP contribution >= 0.6 is 0 Å². The van der Waals surface area contributed by atoms with Crippen LogP contribution in [-0.2, 0) is 13.0 Å². The minimum atomic E-state index is -0.0397. The molecule has 0 fully saturated rings. The van der Waals surface area contributed by atoms with Crippen molar-refractivity contribution >= 4 is 0 Å². The molecule has 0 saturated heterocycles. The second kappa shape index (κ2) is 5.69. The lowest BCUT2D eigenvalue weighted by molar-refractivity contribution is 0.405. The van der Waals surface area contributed by atoms with Gasteiger partial charge in [0, 0.05) is 19.0 Å². The van der Waals surface area contributed by atoms with Crippen molar-refractivity contribution in [3.63, 3.8) is 0 Å². The Morgan fingerprint density at radius 2 is 2.06 bits per heavy atom. The van der Waals surface area contributed by atoms with Crippen LogP contribution < -0.4 is 10.5 Å². The van der Waals surface area contributed by atoms with E-state index in [1.165, 1.54) is 0 Å². The standard InChI is InChI=1S/C14H19N3O/c1-3-17-13(14(18-2)10-16-17)9-12(15)11-7-5-4-6-8-11/h4-8,10,12H,3,9,15H2,1-2H3. The maximum atomic E-state index is 6.24. The third kappa shape index (κ3) is 2.54. The molecule has 2 rings (SSSR count). The highest BCUT2D eigenvalue weighted by molar-refractivity contribution is 5.28. The maximum absolute atomic E-state index is 6.24. The lowest BCUT2D eigenvalue weighted by Crippen LogP contribution is -2.16. The fourth-order valence-electron chi connectivity index (χ4n) is 2.07. The Labute approximate surface area is 107 Å². The number of nitrogens with zero attached hydrogens (tertiary/aromatic N) is 2. The number of methoxy groups -OCH3 is 1. The quantitative estimate of drug-likeness (QED) is 0.878. The Balaban J connectivity index is 2.21. The van der Waals surface area contributed by atoms with Gasteiger partial charge in [-0.3, -0.25) is 4.68 Å². The molecule has 0 aliphatic carbocycles. The third-order valence-corrected chi connectivity index (χ3v) is 3.07. The summed E-state index contributed by atoms with van der Waals surface area (Å²) >= 11 is 0. The van der Waals surface area contributed by atoms with Gasteiger partial charge >= 0.3 is 0 Å². The van der Waals surface area contributed by atoms with Gasteiger partial charge in [-0.25, -0.2) is 0 Å². The summed E-state index contributed by atoms with van der Waals surface area (Å²) in [7, 11) is 1.66. The normalized spacial score (nSPS) is 12.4. The lowest BCUT2D eigenvalue weighted by Gasteiger charge is -2.14. The van der Waals surface area contributed by atoms with E-state index in [9.17, 15) is 0 Å². The zero-order chi connectivity index (χ0) is 13.0. The van der Waals surface area contributed by atoms with E-state index in [4.69, 9.17) is 10.5 Å². The number of benzene rings is 1. The van der Waals surface area contributed by atoms with E-state index in [-0.39, 0.29) is 6.04 Å². The SMILES string of the molecule is CCn1ncc(OC)c1CC(N)c1ccccc1. The van der Waals surface area contributed by atoms with Crippen molar-refractivity contribution in [3.05, 3.63) is 47.8 Å². The zero-order valence-corrected chi connectivity index (χ0v) is 10.8. The number of nitrogens with two attached hydrogens (primary N) is 1. The molecule has 0 aliphatic rings. The van der Waals surface area contributed by atoms with E-state index in [1.54, 1.807) is 13.3 Å². The molecule has 4 heteroatoms. The summed E-state index contributed by atoms with van der Waals surface area (Å²) in [6.45, 7) is 2.88. The summed E-state index contributed by atoms with van der Waals surface area (Å²) in [6, 6.07) is 10.1. The molecule has 0 spiro atoms. The van der Waals surface area contributed by atoms with Crippen molar-refractivity contribution in [3.8, 4) is 5.75 Å². The zero-order valence-electron chi connectivity index (χ0n) is 10.8. The minimum Gasteiger partial charge on any atom is -0.493 e. The van der Waals surface area contributed by atoms with Gasteiger partial charge in [0.05, 0.1) is 19.0 Å². The number of aromatic nitrogens is 2. The molecule has 0 bridgehead atoms. The van der Waals surface area contributed by atoms with Crippen LogP contribution in [0.3, 0.4) is 0 Å². The third-order valence-electron chi connectivity index (χ3n) is 3.07. The smallest absolute Gasteiger partial charge is 0.160 e. The molecule has 96 valence electrons. The van der Waals surface area contributed by atoms with Crippen LogP contribution in [0, 0.1) is 0 Å². The predicted molar refractivity (Wildman–Crippen MR) is 71.5 cm³/mol. The molecule has 1 atom stereocenters. The van der Waals surface area contributed by atoms with Crippen molar-refractivity contribution < 1.29 is 4.74 Å². The molecular formula is C14H19N3O. The van der Waals surface area contributed by atoms with Gasteiger partial charge in [0.2, 0.25) is 0 Å². The number of ether oxygens (including phenoxy) is 1. The average molecular weight is 245 g/mol. The molecule has 0 aliphatic heterocycles. The number of rotatable bonds is 5. The summed E-state index contributed by atoms with van der Waals surface area (Å²) in [4.78, 5) is 0. The highest BCUT2D eigenvalue weighted by Crippen LogP contribution is 2.23. The summed E-state index contributed by atoms with van der Waals surface area (Å²) in [6.07, 6.45) is 2.47. The van der Waals surface area contributed by atoms with E-state index < -0.39 is 0 Å². The van der Waals surface area contributed by atoms with Crippen LogP contribution in [0.15, 0.2) is 36.5 Å². The van der Waals surface area contributed by atoms with Gasteiger partial charge in [-0.2, -0.15) is 5.10 Å². The van der Waals surface area contributed by atoms with Crippen molar-refractivity contribution in [2.24, 2.45) is 5.73 Å². The van der Waals surface area contributed by atoms with Gasteiger partial charge in [0.1, 0.15) is 0 Å². The highest BCUT2D eigenvalue weighted by Gasteiger charge is 2.15.